The van der Waals surface area contributed by atoms with Gasteiger partial charge in [0, 0.05) is 68.8 Å². The number of piperazine rings is 1. The number of pyridine rings is 2. The van der Waals surface area contributed by atoms with Gasteiger partial charge in [0.15, 0.2) is 0 Å². The Bertz CT molecular complexity index is 1330. The summed E-state index contributed by atoms with van der Waals surface area (Å²) in [4.78, 5) is 25.0. The summed E-state index contributed by atoms with van der Waals surface area (Å²) in [6.45, 7) is 3.22. The molecule has 1 fully saturated rings. The summed E-state index contributed by atoms with van der Waals surface area (Å²) in [6.07, 6.45) is 1.41. The van der Waals surface area contributed by atoms with E-state index in [9.17, 15) is 18.0 Å². The standard InChI is InChI=1S/C27H26F3N5O2/c1-34-9-11-35(12-10-34)18-21-5-6-23(14-24(21)27(28,29)30)33-26(36)22-13-19(15-32-17-22)3-4-20-16-31-8-7-25(20)37-2/h5-8,13-17H,9-12,18H2,1-2H3,(H,33,36). The normalized spacial score (nSPS) is 14.5. The minimum absolute atomic E-state index is 0.0519. The summed E-state index contributed by atoms with van der Waals surface area (Å²) in [5.41, 5.74) is 0.663. The van der Waals surface area contributed by atoms with Gasteiger partial charge in [-0.15, -0.1) is 0 Å². The van der Waals surface area contributed by atoms with Crippen molar-refractivity contribution in [3.8, 4) is 17.6 Å². The number of amides is 1. The maximum Gasteiger partial charge on any atom is 0.416 e. The zero-order chi connectivity index (χ0) is 26.4. The van der Waals surface area contributed by atoms with Gasteiger partial charge in [0.25, 0.3) is 5.91 Å². The number of nitrogens with zero attached hydrogens (tertiary/aromatic N) is 4. The molecule has 1 aliphatic heterocycles. The minimum atomic E-state index is -4.55. The summed E-state index contributed by atoms with van der Waals surface area (Å²) in [5.74, 6) is 5.79. The number of ether oxygens (including phenoxy) is 1. The van der Waals surface area contributed by atoms with Gasteiger partial charge in [-0.2, -0.15) is 13.2 Å². The van der Waals surface area contributed by atoms with Crippen molar-refractivity contribution in [2.45, 2.75) is 12.7 Å². The Balaban J connectivity index is 1.50. The highest BCUT2D eigenvalue weighted by Gasteiger charge is 2.34. The first-order valence-electron chi connectivity index (χ1n) is 11.6. The Kier molecular flexibility index (Phi) is 8.06. The van der Waals surface area contributed by atoms with Crippen molar-refractivity contribution >= 4 is 11.6 Å². The lowest BCUT2D eigenvalue weighted by atomic mass is 10.0. The van der Waals surface area contributed by atoms with Gasteiger partial charge in [0.2, 0.25) is 0 Å². The van der Waals surface area contributed by atoms with Crippen LogP contribution in [0.5, 0.6) is 5.75 Å². The van der Waals surface area contributed by atoms with Gasteiger partial charge in [-0.05, 0) is 36.9 Å². The molecule has 37 heavy (non-hydrogen) atoms. The fourth-order valence-electron chi connectivity index (χ4n) is 3.93. The SMILES string of the molecule is COc1ccncc1C#Cc1cncc(C(=O)Nc2ccc(CN3CCN(C)CC3)c(C(F)(F)F)c2)c1. The third kappa shape index (κ3) is 6.84. The molecular formula is C27H26F3N5O2. The summed E-state index contributed by atoms with van der Waals surface area (Å²) in [7, 11) is 3.52. The highest BCUT2D eigenvalue weighted by atomic mass is 19.4. The van der Waals surface area contributed by atoms with Crippen LogP contribution in [0.15, 0.2) is 55.1 Å². The highest BCUT2D eigenvalue weighted by Crippen LogP contribution is 2.34. The molecule has 0 atom stereocenters. The Hall–Kier alpha value is -3.94. The van der Waals surface area contributed by atoms with E-state index in [0.717, 1.165) is 19.2 Å². The number of hydrogen-bond donors (Lipinski definition) is 1. The molecule has 10 heteroatoms. The lowest BCUT2D eigenvalue weighted by Gasteiger charge is -2.33. The average Bonchev–Trinajstić information content (AvgIpc) is 2.89. The molecule has 0 aliphatic carbocycles. The second kappa shape index (κ2) is 11.4. The molecule has 1 aliphatic rings. The molecule has 0 bridgehead atoms. The van der Waals surface area contributed by atoms with Crippen LogP contribution < -0.4 is 10.1 Å². The van der Waals surface area contributed by atoms with E-state index in [1.807, 2.05) is 11.9 Å². The molecule has 1 aromatic carbocycles. The second-order valence-corrected chi connectivity index (χ2v) is 8.69. The second-order valence-electron chi connectivity index (χ2n) is 8.69. The maximum atomic E-state index is 13.9. The number of halogens is 3. The summed E-state index contributed by atoms with van der Waals surface area (Å²) in [5, 5.41) is 2.55. The molecule has 3 aromatic rings. The monoisotopic (exact) mass is 509 g/mol. The number of carbonyl (C=O) groups excluding carboxylic acids is 1. The first-order valence-corrected chi connectivity index (χ1v) is 11.6. The van der Waals surface area contributed by atoms with Crippen LogP contribution in [0, 0.1) is 11.8 Å². The number of benzene rings is 1. The Morgan fingerprint density at radius 1 is 1.05 bits per heavy atom. The fourth-order valence-corrected chi connectivity index (χ4v) is 3.93. The zero-order valence-corrected chi connectivity index (χ0v) is 20.5. The average molecular weight is 510 g/mol. The Morgan fingerprint density at radius 2 is 1.84 bits per heavy atom. The molecule has 0 radical (unpaired) electrons. The number of nitrogens with one attached hydrogen (secondary N) is 1. The van der Waals surface area contributed by atoms with Crippen LogP contribution in [0.25, 0.3) is 0 Å². The van der Waals surface area contributed by atoms with E-state index in [4.69, 9.17) is 4.74 Å². The Labute approximate surface area is 213 Å². The van der Waals surface area contributed by atoms with E-state index < -0.39 is 17.6 Å². The van der Waals surface area contributed by atoms with E-state index in [-0.39, 0.29) is 23.4 Å². The first kappa shape index (κ1) is 26.1. The van der Waals surface area contributed by atoms with Gasteiger partial charge < -0.3 is 15.0 Å². The maximum absolute atomic E-state index is 13.9. The van der Waals surface area contributed by atoms with Crippen molar-refractivity contribution in [2.75, 3.05) is 45.7 Å². The fraction of sp³-hybridized carbons (Fsp3) is 0.296. The topological polar surface area (TPSA) is 70.6 Å². The number of methoxy groups -OCH3 is 1. The molecule has 2 aromatic heterocycles. The predicted molar refractivity (Wildman–Crippen MR) is 133 cm³/mol. The minimum Gasteiger partial charge on any atom is -0.495 e. The predicted octanol–water partition coefficient (Wildman–Crippen LogP) is 3.90. The van der Waals surface area contributed by atoms with Crippen molar-refractivity contribution in [2.24, 2.45) is 0 Å². The number of alkyl halides is 3. The first-order chi connectivity index (χ1) is 17.7. The van der Waals surface area contributed by atoms with E-state index >= 15 is 0 Å². The van der Waals surface area contributed by atoms with Crippen molar-refractivity contribution in [1.82, 2.24) is 19.8 Å². The van der Waals surface area contributed by atoms with Gasteiger partial charge >= 0.3 is 6.18 Å². The number of carbonyl (C=O) groups is 1. The van der Waals surface area contributed by atoms with Crippen LogP contribution >= 0.6 is 0 Å². The number of anilines is 1. The van der Waals surface area contributed by atoms with Gasteiger partial charge in [-0.3, -0.25) is 19.7 Å². The van der Waals surface area contributed by atoms with Crippen LogP contribution in [-0.4, -0.2) is 66.0 Å². The van der Waals surface area contributed by atoms with E-state index in [1.54, 1.807) is 18.5 Å². The van der Waals surface area contributed by atoms with Crippen LogP contribution in [0.4, 0.5) is 18.9 Å². The molecule has 0 unspecified atom stereocenters. The molecule has 0 spiro atoms. The van der Waals surface area contributed by atoms with Crippen LogP contribution in [0.3, 0.4) is 0 Å². The van der Waals surface area contributed by atoms with Crippen LogP contribution in [-0.2, 0) is 12.7 Å². The van der Waals surface area contributed by atoms with Crippen molar-refractivity contribution in [1.29, 1.82) is 0 Å². The van der Waals surface area contributed by atoms with E-state index in [2.05, 4.69) is 32.0 Å². The lowest BCUT2D eigenvalue weighted by Crippen LogP contribution is -2.44. The molecule has 1 amide bonds. The van der Waals surface area contributed by atoms with Gasteiger partial charge in [-0.1, -0.05) is 17.9 Å². The molecule has 4 rings (SSSR count). The largest absolute Gasteiger partial charge is 0.495 e. The smallest absolute Gasteiger partial charge is 0.416 e. The van der Waals surface area contributed by atoms with Gasteiger partial charge in [0.1, 0.15) is 5.75 Å². The molecule has 0 saturated carbocycles. The molecule has 3 heterocycles. The third-order valence-corrected chi connectivity index (χ3v) is 6.01. The number of hydrogen-bond acceptors (Lipinski definition) is 6. The van der Waals surface area contributed by atoms with Crippen LogP contribution in [0.2, 0.25) is 0 Å². The zero-order valence-electron chi connectivity index (χ0n) is 20.5. The van der Waals surface area contributed by atoms with Crippen molar-refractivity contribution in [3.63, 3.8) is 0 Å². The van der Waals surface area contributed by atoms with Gasteiger partial charge in [0.05, 0.1) is 23.8 Å². The number of rotatable bonds is 5. The van der Waals surface area contributed by atoms with Crippen molar-refractivity contribution in [3.05, 3.63) is 82.9 Å². The third-order valence-electron chi connectivity index (χ3n) is 6.01. The highest BCUT2D eigenvalue weighted by molar-refractivity contribution is 6.04. The van der Waals surface area contributed by atoms with Crippen LogP contribution in [0.1, 0.15) is 32.6 Å². The van der Waals surface area contributed by atoms with Crippen molar-refractivity contribution < 1.29 is 22.7 Å². The number of aromatic nitrogens is 2. The summed E-state index contributed by atoms with van der Waals surface area (Å²) >= 11 is 0. The van der Waals surface area contributed by atoms with E-state index in [0.29, 0.717) is 30.0 Å². The number of likely N-dealkylation sites (N-methyl/N-ethyl adjacent to an activating group) is 1. The van der Waals surface area contributed by atoms with E-state index in [1.165, 1.54) is 37.7 Å². The molecular weight excluding hydrogens is 483 g/mol. The summed E-state index contributed by atoms with van der Waals surface area (Å²) in [6, 6.07) is 7.10. The lowest BCUT2D eigenvalue weighted by molar-refractivity contribution is -0.138. The quantitative estimate of drug-likeness (QED) is 0.526. The summed E-state index contributed by atoms with van der Waals surface area (Å²) < 4.78 is 46.8. The molecule has 1 saturated heterocycles. The molecule has 192 valence electrons. The van der Waals surface area contributed by atoms with Gasteiger partial charge in [-0.25, -0.2) is 0 Å². The molecule has 1 N–H and O–H groups in total. The molecule has 7 nitrogen and oxygen atoms in total. The Morgan fingerprint density at radius 3 is 2.57 bits per heavy atom.